The van der Waals surface area contributed by atoms with Crippen molar-refractivity contribution in [2.24, 2.45) is 0 Å². The van der Waals surface area contributed by atoms with Gasteiger partial charge in [0.15, 0.2) is 11.8 Å². The summed E-state index contributed by atoms with van der Waals surface area (Å²) >= 11 is 3.56. The summed E-state index contributed by atoms with van der Waals surface area (Å²) in [5, 5.41) is 23.1. The standard InChI is InChI=1S/C25H23BrN6O3/c26-21-22(16-8-10-31(11-9-16)25(35)20(34)14-33)30-24-18(13-29-32(24)23(21)27)17-6-7-19(28-12-17)15-4-2-1-3-5-15/h1-8,12-13,20,33-34H,9-11,14,27H2/t20-/m1/s1. The van der Waals surface area contributed by atoms with Gasteiger partial charge in [0.25, 0.3) is 5.91 Å². The lowest BCUT2D eigenvalue weighted by atomic mass is 10.0. The number of fused-ring (bicyclic) bond motifs is 1. The van der Waals surface area contributed by atoms with Gasteiger partial charge in [-0.05, 0) is 34.0 Å². The van der Waals surface area contributed by atoms with E-state index >= 15 is 0 Å². The van der Waals surface area contributed by atoms with Crippen LogP contribution in [0.3, 0.4) is 0 Å². The Morgan fingerprint density at radius 2 is 1.94 bits per heavy atom. The molecule has 1 aliphatic heterocycles. The molecule has 0 bridgehead atoms. The zero-order valence-electron chi connectivity index (χ0n) is 18.7. The molecule has 0 fully saturated rings. The molecule has 0 unspecified atom stereocenters. The van der Waals surface area contributed by atoms with Crippen molar-refractivity contribution < 1.29 is 15.0 Å². The number of benzene rings is 1. The number of nitrogens with zero attached hydrogens (tertiary/aromatic N) is 5. The number of aromatic nitrogens is 4. The Bertz CT molecular complexity index is 1420. The number of nitrogen functional groups attached to an aromatic ring is 1. The number of aliphatic hydroxyl groups is 2. The molecule has 4 aromatic rings. The van der Waals surface area contributed by atoms with Gasteiger partial charge in [-0.25, -0.2) is 4.98 Å². The third kappa shape index (κ3) is 4.31. The molecule has 4 heterocycles. The highest BCUT2D eigenvalue weighted by Crippen LogP contribution is 2.35. The monoisotopic (exact) mass is 534 g/mol. The molecule has 178 valence electrons. The van der Waals surface area contributed by atoms with E-state index in [2.05, 4.69) is 26.0 Å². The first-order chi connectivity index (χ1) is 17.0. The van der Waals surface area contributed by atoms with E-state index in [0.717, 1.165) is 28.0 Å². The van der Waals surface area contributed by atoms with Gasteiger partial charge in [0, 0.05) is 36.0 Å². The maximum absolute atomic E-state index is 12.2. The Balaban J connectivity index is 1.49. The van der Waals surface area contributed by atoms with Crippen LogP contribution in [0, 0.1) is 0 Å². The third-order valence-electron chi connectivity index (χ3n) is 6.05. The van der Waals surface area contributed by atoms with Crippen molar-refractivity contribution in [3.63, 3.8) is 0 Å². The van der Waals surface area contributed by atoms with Crippen LogP contribution in [0.5, 0.6) is 0 Å². The summed E-state index contributed by atoms with van der Waals surface area (Å²) < 4.78 is 2.21. The Labute approximate surface area is 209 Å². The van der Waals surface area contributed by atoms with Crippen LogP contribution in [0.15, 0.2) is 65.4 Å². The Hall–Kier alpha value is -3.60. The largest absolute Gasteiger partial charge is 0.393 e. The van der Waals surface area contributed by atoms with Gasteiger partial charge in [0.1, 0.15) is 5.82 Å². The number of carbonyl (C=O) groups excluding carboxylic acids is 1. The summed E-state index contributed by atoms with van der Waals surface area (Å²) in [6.07, 6.45) is 4.54. The van der Waals surface area contributed by atoms with E-state index in [1.54, 1.807) is 16.9 Å². The molecule has 35 heavy (non-hydrogen) atoms. The van der Waals surface area contributed by atoms with Crippen LogP contribution in [0.1, 0.15) is 12.1 Å². The molecule has 3 aromatic heterocycles. The van der Waals surface area contributed by atoms with Crippen molar-refractivity contribution in [2.75, 3.05) is 25.4 Å². The van der Waals surface area contributed by atoms with E-state index < -0.39 is 18.6 Å². The number of nitrogens with two attached hydrogens (primary N) is 1. The van der Waals surface area contributed by atoms with Crippen LogP contribution in [0.4, 0.5) is 5.82 Å². The number of hydrogen-bond donors (Lipinski definition) is 3. The van der Waals surface area contributed by atoms with E-state index in [0.29, 0.717) is 41.1 Å². The van der Waals surface area contributed by atoms with E-state index in [-0.39, 0.29) is 0 Å². The number of aliphatic hydroxyl groups excluding tert-OH is 2. The fourth-order valence-corrected chi connectivity index (χ4v) is 4.63. The molecule has 0 saturated carbocycles. The normalized spacial score (nSPS) is 14.7. The molecule has 0 aliphatic carbocycles. The van der Waals surface area contributed by atoms with Crippen LogP contribution in [-0.4, -0.2) is 66.4 Å². The fourth-order valence-electron chi connectivity index (χ4n) is 4.12. The predicted molar refractivity (Wildman–Crippen MR) is 136 cm³/mol. The van der Waals surface area contributed by atoms with Crippen LogP contribution in [0.2, 0.25) is 0 Å². The molecule has 5 rings (SSSR count). The van der Waals surface area contributed by atoms with Crippen LogP contribution in [0.25, 0.3) is 33.6 Å². The van der Waals surface area contributed by atoms with Crippen molar-refractivity contribution >= 4 is 38.9 Å². The second kappa shape index (κ2) is 9.57. The van der Waals surface area contributed by atoms with Gasteiger partial charge < -0.3 is 20.8 Å². The summed E-state index contributed by atoms with van der Waals surface area (Å²) in [5.41, 5.74) is 12.2. The topological polar surface area (TPSA) is 130 Å². The Morgan fingerprint density at radius 1 is 1.14 bits per heavy atom. The molecule has 4 N–H and O–H groups in total. The number of hydrogen-bond acceptors (Lipinski definition) is 7. The van der Waals surface area contributed by atoms with Crippen molar-refractivity contribution in [2.45, 2.75) is 12.5 Å². The zero-order chi connectivity index (χ0) is 24.5. The van der Waals surface area contributed by atoms with Gasteiger partial charge in [-0.3, -0.25) is 9.78 Å². The lowest BCUT2D eigenvalue weighted by molar-refractivity contribution is -0.141. The summed E-state index contributed by atoms with van der Waals surface area (Å²) in [6, 6.07) is 13.9. The Morgan fingerprint density at radius 3 is 2.60 bits per heavy atom. The number of amides is 1. The second-order valence-electron chi connectivity index (χ2n) is 8.21. The van der Waals surface area contributed by atoms with E-state index in [9.17, 15) is 9.90 Å². The lowest BCUT2D eigenvalue weighted by Gasteiger charge is -2.28. The average Bonchev–Trinajstić information content (AvgIpc) is 3.34. The lowest BCUT2D eigenvalue weighted by Crippen LogP contribution is -2.42. The van der Waals surface area contributed by atoms with Crippen molar-refractivity contribution in [3.8, 4) is 22.4 Å². The molecular weight excluding hydrogens is 512 g/mol. The van der Waals surface area contributed by atoms with E-state index in [1.807, 2.05) is 48.5 Å². The van der Waals surface area contributed by atoms with Crippen LogP contribution >= 0.6 is 15.9 Å². The van der Waals surface area contributed by atoms with Crippen molar-refractivity contribution in [1.82, 2.24) is 24.5 Å². The smallest absolute Gasteiger partial charge is 0.254 e. The number of pyridine rings is 1. The highest BCUT2D eigenvalue weighted by atomic mass is 79.9. The first-order valence-electron chi connectivity index (χ1n) is 11.1. The van der Waals surface area contributed by atoms with Gasteiger partial charge in [-0.15, -0.1) is 0 Å². The molecular formula is C25H23BrN6O3. The molecule has 0 radical (unpaired) electrons. The van der Waals surface area contributed by atoms with Crippen molar-refractivity contribution in [1.29, 1.82) is 0 Å². The average molecular weight is 535 g/mol. The highest BCUT2D eigenvalue weighted by molar-refractivity contribution is 9.10. The van der Waals surface area contributed by atoms with Crippen molar-refractivity contribution in [3.05, 3.63) is 71.1 Å². The fraction of sp³-hybridized carbons (Fsp3) is 0.200. The maximum Gasteiger partial charge on any atom is 0.254 e. The van der Waals surface area contributed by atoms with Gasteiger partial charge in [0.2, 0.25) is 0 Å². The maximum atomic E-state index is 12.2. The van der Waals surface area contributed by atoms with Gasteiger partial charge in [0.05, 0.1) is 28.7 Å². The number of halogens is 1. The first-order valence-corrected chi connectivity index (χ1v) is 11.9. The molecule has 1 aromatic carbocycles. The Kier molecular flexibility index (Phi) is 6.33. The molecule has 1 aliphatic rings. The number of carbonyl (C=O) groups is 1. The molecule has 0 spiro atoms. The number of anilines is 1. The molecule has 0 saturated heterocycles. The summed E-state index contributed by atoms with van der Waals surface area (Å²) in [6.45, 7) is 0.108. The summed E-state index contributed by atoms with van der Waals surface area (Å²) in [7, 11) is 0. The predicted octanol–water partition coefficient (Wildman–Crippen LogP) is 2.77. The zero-order valence-corrected chi connectivity index (χ0v) is 20.3. The molecule has 1 amide bonds. The first kappa shape index (κ1) is 23.2. The van der Waals surface area contributed by atoms with E-state index in [4.69, 9.17) is 15.8 Å². The van der Waals surface area contributed by atoms with Gasteiger partial charge in [-0.2, -0.15) is 9.61 Å². The quantitative estimate of drug-likeness (QED) is 0.358. The minimum absolute atomic E-state index is 0.307. The highest BCUT2D eigenvalue weighted by Gasteiger charge is 2.26. The minimum Gasteiger partial charge on any atom is -0.393 e. The summed E-state index contributed by atoms with van der Waals surface area (Å²) in [4.78, 5) is 23.2. The third-order valence-corrected chi connectivity index (χ3v) is 6.83. The van der Waals surface area contributed by atoms with Crippen LogP contribution in [-0.2, 0) is 4.79 Å². The van der Waals surface area contributed by atoms with Gasteiger partial charge >= 0.3 is 0 Å². The molecule has 1 atom stereocenters. The van der Waals surface area contributed by atoms with Gasteiger partial charge in [-0.1, -0.05) is 42.5 Å². The molecule has 10 heteroatoms. The van der Waals surface area contributed by atoms with Crippen LogP contribution < -0.4 is 5.73 Å². The number of rotatable bonds is 5. The van der Waals surface area contributed by atoms with E-state index in [1.165, 1.54) is 4.90 Å². The minimum atomic E-state index is -1.40. The molecule has 9 nitrogen and oxygen atoms in total. The second-order valence-corrected chi connectivity index (χ2v) is 9.01. The summed E-state index contributed by atoms with van der Waals surface area (Å²) in [5.74, 6) is -0.0745. The SMILES string of the molecule is Nc1c(Br)c(C2=CCN(C(=O)[C@H](O)CO)CC2)nc2c(-c3ccc(-c4ccccc4)nc3)cnn12.